The Bertz CT molecular complexity index is 893. The average Bonchev–Trinajstić information content (AvgIpc) is 3.02. The Morgan fingerprint density at radius 2 is 1.72 bits per heavy atom. The molecule has 1 heterocycles. The second-order valence-corrected chi connectivity index (χ2v) is 12.5. The first-order valence-electron chi connectivity index (χ1n) is 10.7. The van der Waals surface area contributed by atoms with Crippen LogP contribution >= 0.6 is 39.3 Å². The summed E-state index contributed by atoms with van der Waals surface area (Å²) in [5, 5.41) is 0.906. The van der Waals surface area contributed by atoms with Gasteiger partial charge in [-0.15, -0.1) is 0 Å². The van der Waals surface area contributed by atoms with E-state index in [9.17, 15) is 9.59 Å². The molecule has 1 aromatic rings. The Morgan fingerprint density at radius 1 is 1.12 bits per heavy atom. The predicted molar refractivity (Wildman–Crippen MR) is 132 cm³/mol. The number of nitrogens with zero attached hydrogens (tertiary/aromatic N) is 2. The van der Waals surface area contributed by atoms with E-state index in [4.69, 9.17) is 26.1 Å². The second kappa shape index (κ2) is 9.18. The van der Waals surface area contributed by atoms with Gasteiger partial charge in [-0.05, 0) is 84.1 Å². The normalized spacial score (nSPS) is 23.2. The van der Waals surface area contributed by atoms with Crippen LogP contribution in [0.25, 0.3) is 0 Å². The lowest BCUT2D eigenvalue weighted by Gasteiger charge is -2.39. The minimum Gasteiger partial charge on any atom is -0.443 e. The van der Waals surface area contributed by atoms with Crippen LogP contribution in [0.2, 0.25) is 5.02 Å². The van der Waals surface area contributed by atoms with Gasteiger partial charge in [0.15, 0.2) is 5.17 Å². The minimum absolute atomic E-state index is 0.278. The molecule has 1 aromatic carbocycles. The van der Waals surface area contributed by atoms with Crippen LogP contribution in [0.3, 0.4) is 0 Å². The van der Waals surface area contributed by atoms with Crippen LogP contribution in [0, 0.1) is 5.92 Å². The molecular formula is C23H30BrClN2O4S. The molecule has 0 N–H and O–H groups in total. The quantitative estimate of drug-likeness (QED) is 0.368. The first kappa shape index (κ1) is 25.4. The summed E-state index contributed by atoms with van der Waals surface area (Å²) in [6.07, 6.45) is 1.25. The number of aliphatic imine (C=N–C) groups is 1. The fraction of sp³-hybridized carbons (Fsp3) is 0.609. The van der Waals surface area contributed by atoms with Gasteiger partial charge in [0.05, 0.1) is 5.54 Å². The number of hydrogen-bond donors (Lipinski definition) is 0. The molecule has 32 heavy (non-hydrogen) atoms. The largest absolute Gasteiger partial charge is 0.443 e. The van der Waals surface area contributed by atoms with Crippen molar-refractivity contribution in [3.8, 4) is 0 Å². The van der Waals surface area contributed by atoms with E-state index in [1.807, 2.05) is 18.2 Å². The summed E-state index contributed by atoms with van der Waals surface area (Å²) in [5.74, 6) is 1.01. The standard InChI is InChI=1S/C23H30BrClN2O4S/c1-21(2,3)30-19(28)27(20(29)31-22(4,5)6)18-26-23(9-7-8-14(23)13-32-18)15-10-16(24)12-17(25)11-15/h10-12,14H,7-9,13H2,1-6H3/t14-,23-/m0/s1. The van der Waals surface area contributed by atoms with Crippen molar-refractivity contribution in [1.29, 1.82) is 0 Å². The fourth-order valence-electron chi connectivity index (χ4n) is 4.02. The fourth-order valence-corrected chi connectivity index (χ4v) is 6.17. The molecule has 0 spiro atoms. The maximum Gasteiger partial charge on any atom is 0.426 e. The van der Waals surface area contributed by atoms with Gasteiger partial charge in [-0.1, -0.05) is 45.7 Å². The van der Waals surface area contributed by atoms with Gasteiger partial charge in [0.2, 0.25) is 0 Å². The molecule has 1 saturated carbocycles. The van der Waals surface area contributed by atoms with Gasteiger partial charge in [-0.25, -0.2) is 14.6 Å². The number of halogens is 2. The summed E-state index contributed by atoms with van der Waals surface area (Å²) < 4.78 is 11.9. The van der Waals surface area contributed by atoms with Gasteiger partial charge in [0.25, 0.3) is 0 Å². The highest BCUT2D eigenvalue weighted by Gasteiger charge is 2.49. The highest BCUT2D eigenvalue weighted by Crippen LogP contribution is 2.52. The second-order valence-electron chi connectivity index (χ2n) is 10.2. The molecule has 2 atom stereocenters. The smallest absolute Gasteiger partial charge is 0.426 e. The molecule has 3 rings (SSSR count). The maximum absolute atomic E-state index is 13.1. The first-order valence-corrected chi connectivity index (χ1v) is 12.8. The van der Waals surface area contributed by atoms with Crippen molar-refractivity contribution in [3.05, 3.63) is 33.3 Å². The van der Waals surface area contributed by atoms with Gasteiger partial charge in [-0.2, -0.15) is 4.90 Å². The van der Waals surface area contributed by atoms with E-state index < -0.39 is 28.9 Å². The number of ether oxygens (including phenoxy) is 2. The Kier molecular flexibility index (Phi) is 7.28. The number of hydrogen-bond acceptors (Lipinski definition) is 6. The number of rotatable bonds is 1. The molecule has 0 saturated heterocycles. The highest BCUT2D eigenvalue weighted by atomic mass is 79.9. The number of amidine groups is 1. The summed E-state index contributed by atoms with van der Waals surface area (Å²) in [5.41, 5.74) is -1.13. The van der Waals surface area contributed by atoms with Gasteiger partial charge in [-0.3, -0.25) is 0 Å². The molecule has 176 valence electrons. The van der Waals surface area contributed by atoms with E-state index in [-0.39, 0.29) is 5.92 Å². The molecule has 2 aliphatic rings. The molecule has 0 aromatic heterocycles. The van der Waals surface area contributed by atoms with Crippen molar-refractivity contribution in [3.63, 3.8) is 0 Å². The van der Waals surface area contributed by atoms with E-state index >= 15 is 0 Å². The zero-order valence-corrected chi connectivity index (χ0v) is 22.5. The highest BCUT2D eigenvalue weighted by molar-refractivity contribution is 9.10. The zero-order valence-electron chi connectivity index (χ0n) is 19.3. The first-order chi connectivity index (χ1) is 14.7. The number of amides is 2. The van der Waals surface area contributed by atoms with E-state index in [0.717, 1.165) is 40.0 Å². The predicted octanol–water partition coefficient (Wildman–Crippen LogP) is 7.37. The topological polar surface area (TPSA) is 68.2 Å². The van der Waals surface area contributed by atoms with Crippen molar-refractivity contribution < 1.29 is 19.1 Å². The summed E-state index contributed by atoms with van der Waals surface area (Å²) in [6.45, 7) is 10.5. The lowest BCUT2D eigenvalue weighted by atomic mass is 9.82. The van der Waals surface area contributed by atoms with Crippen molar-refractivity contribution in [1.82, 2.24) is 4.90 Å². The third-order valence-electron chi connectivity index (χ3n) is 5.20. The van der Waals surface area contributed by atoms with Crippen molar-refractivity contribution >= 4 is 56.6 Å². The number of fused-ring (bicyclic) bond motifs is 1. The van der Waals surface area contributed by atoms with Crippen LogP contribution in [-0.2, 0) is 15.0 Å². The van der Waals surface area contributed by atoms with E-state index in [0.29, 0.717) is 10.2 Å². The van der Waals surface area contributed by atoms with Crippen LogP contribution in [0.5, 0.6) is 0 Å². The summed E-state index contributed by atoms with van der Waals surface area (Å²) >= 11 is 11.3. The molecule has 2 amide bonds. The molecule has 6 nitrogen and oxygen atoms in total. The molecule has 9 heteroatoms. The number of carbonyl (C=O) groups excluding carboxylic acids is 2. The lowest BCUT2D eigenvalue weighted by Crippen LogP contribution is -2.48. The Hall–Kier alpha value is -1.25. The Labute approximate surface area is 207 Å². The third-order valence-corrected chi connectivity index (χ3v) is 6.98. The van der Waals surface area contributed by atoms with Gasteiger partial charge < -0.3 is 9.47 Å². The SMILES string of the molecule is CC(C)(C)OC(=O)N(C(=O)OC(C)(C)C)C1=N[C@@]2(c3cc(Cl)cc(Br)c3)CCC[C@H]2CS1. The number of carbonyl (C=O) groups is 2. The maximum atomic E-state index is 13.1. The Balaban J connectivity index is 2.09. The number of thioether (sulfide) groups is 1. The van der Waals surface area contributed by atoms with Gasteiger partial charge in [0, 0.05) is 15.2 Å². The van der Waals surface area contributed by atoms with Gasteiger partial charge >= 0.3 is 12.2 Å². The summed E-state index contributed by atoms with van der Waals surface area (Å²) in [7, 11) is 0. The van der Waals surface area contributed by atoms with Gasteiger partial charge in [0.1, 0.15) is 11.2 Å². The van der Waals surface area contributed by atoms with Crippen LogP contribution in [0.1, 0.15) is 66.4 Å². The van der Waals surface area contributed by atoms with E-state index in [1.165, 1.54) is 11.8 Å². The summed E-state index contributed by atoms with van der Waals surface area (Å²) in [4.78, 5) is 32.2. The number of imide groups is 1. The molecule has 1 fully saturated rings. The van der Waals surface area contributed by atoms with E-state index in [1.54, 1.807) is 41.5 Å². The third kappa shape index (κ3) is 5.81. The average molecular weight is 546 g/mol. The molecule has 0 bridgehead atoms. The van der Waals surface area contributed by atoms with Crippen molar-refractivity contribution in [2.45, 2.75) is 77.5 Å². The van der Waals surface area contributed by atoms with Crippen LogP contribution < -0.4 is 0 Å². The molecule has 1 aliphatic carbocycles. The van der Waals surface area contributed by atoms with Crippen LogP contribution in [0.4, 0.5) is 9.59 Å². The Morgan fingerprint density at radius 3 is 2.25 bits per heavy atom. The minimum atomic E-state index is -0.795. The van der Waals surface area contributed by atoms with Crippen LogP contribution in [-0.4, -0.2) is 39.2 Å². The van der Waals surface area contributed by atoms with Crippen molar-refractivity contribution in [2.75, 3.05) is 5.75 Å². The zero-order chi connectivity index (χ0) is 23.9. The lowest BCUT2D eigenvalue weighted by molar-refractivity contribution is 0.0150. The molecular weight excluding hydrogens is 516 g/mol. The molecule has 0 radical (unpaired) electrons. The molecule has 1 aliphatic heterocycles. The molecule has 0 unspecified atom stereocenters. The van der Waals surface area contributed by atoms with Crippen LogP contribution in [0.15, 0.2) is 27.7 Å². The summed E-state index contributed by atoms with van der Waals surface area (Å²) in [6, 6.07) is 5.78. The monoisotopic (exact) mass is 544 g/mol. The number of benzene rings is 1. The van der Waals surface area contributed by atoms with E-state index in [2.05, 4.69) is 15.9 Å². The van der Waals surface area contributed by atoms with Crippen molar-refractivity contribution in [2.24, 2.45) is 10.9 Å².